The summed E-state index contributed by atoms with van der Waals surface area (Å²) in [7, 11) is -3.60. The van der Waals surface area contributed by atoms with Crippen LogP contribution in [-0.2, 0) is 26.2 Å². The predicted molar refractivity (Wildman–Crippen MR) is 158 cm³/mol. The van der Waals surface area contributed by atoms with E-state index < -0.39 is 21.6 Å². The van der Waals surface area contributed by atoms with Gasteiger partial charge in [0.15, 0.2) is 0 Å². The van der Waals surface area contributed by atoms with Gasteiger partial charge in [0.25, 0.3) is 0 Å². The highest BCUT2D eigenvalue weighted by Gasteiger charge is 2.31. The van der Waals surface area contributed by atoms with Crippen molar-refractivity contribution >= 4 is 50.7 Å². The average molecular weight is 601 g/mol. The first kappa shape index (κ1) is 32.7. The molecule has 0 aromatic heterocycles. The van der Waals surface area contributed by atoms with Crippen molar-refractivity contribution in [3.05, 3.63) is 58.1 Å². The largest absolute Gasteiger partial charge is 0.494 e. The minimum absolute atomic E-state index is 0.0353. The first-order valence-corrected chi connectivity index (χ1v) is 15.5. The normalized spacial score (nSPS) is 12.5. The number of benzene rings is 2. The third kappa shape index (κ3) is 10.2. The Kier molecular flexibility index (Phi) is 11.9. The third-order valence-electron chi connectivity index (χ3n) is 5.83. The molecular weight excluding hydrogens is 561 g/mol. The molecule has 8 nitrogen and oxygen atoms in total. The Morgan fingerprint density at radius 1 is 1.05 bits per heavy atom. The molecule has 1 atom stereocenters. The topological polar surface area (TPSA) is 96.0 Å². The van der Waals surface area contributed by atoms with Crippen LogP contribution in [0.15, 0.2) is 42.5 Å². The van der Waals surface area contributed by atoms with Crippen molar-refractivity contribution in [2.75, 3.05) is 23.7 Å². The van der Waals surface area contributed by atoms with Gasteiger partial charge in [0, 0.05) is 35.1 Å². The van der Waals surface area contributed by atoms with Gasteiger partial charge < -0.3 is 15.0 Å². The Hall–Kier alpha value is -2.49. The van der Waals surface area contributed by atoms with Crippen molar-refractivity contribution in [1.29, 1.82) is 0 Å². The zero-order valence-electron chi connectivity index (χ0n) is 23.5. The van der Waals surface area contributed by atoms with Gasteiger partial charge in [0.05, 0.1) is 18.6 Å². The first-order chi connectivity index (χ1) is 18.2. The number of carbonyl (C=O) groups is 2. The molecule has 2 rings (SSSR count). The molecule has 0 heterocycles. The number of rotatable bonds is 13. The summed E-state index contributed by atoms with van der Waals surface area (Å²) < 4.78 is 31.8. The molecule has 0 aliphatic rings. The van der Waals surface area contributed by atoms with Crippen LogP contribution < -0.4 is 14.4 Å². The van der Waals surface area contributed by atoms with Crippen molar-refractivity contribution in [2.45, 2.75) is 72.0 Å². The van der Waals surface area contributed by atoms with Crippen molar-refractivity contribution < 1.29 is 22.7 Å². The van der Waals surface area contributed by atoms with Gasteiger partial charge in [-0.3, -0.25) is 13.9 Å². The molecule has 2 aromatic rings. The van der Waals surface area contributed by atoms with Crippen LogP contribution in [0.4, 0.5) is 5.69 Å². The summed E-state index contributed by atoms with van der Waals surface area (Å²) in [6, 6.07) is 11.0. The molecule has 1 N–H and O–H groups in total. The number of halogens is 2. The van der Waals surface area contributed by atoms with Gasteiger partial charge in [-0.05, 0) is 82.5 Å². The van der Waals surface area contributed by atoms with Crippen LogP contribution in [0.1, 0.15) is 59.4 Å². The highest BCUT2D eigenvalue weighted by atomic mass is 35.5. The van der Waals surface area contributed by atoms with Crippen LogP contribution in [0, 0.1) is 0 Å². The fourth-order valence-electron chi connectivity index (χ4n) is 4.09. The van der Waals surface area contributed by atoms with E-state index in [0.29, 0.717) is 40.1 Å². The van der Waals surface area contributed by atoms with Crippen LogP contribution in [0.2, 0.25) is 10.0 Å². The van der Waals surface area contributed by atoms with Crippen LogP contribution in [0.5, 0.6) is 5.75 Å². The predicted octanol–water partition coefficient (Wildman–Crippen LogP) is 5.66. The van der Waals surface area contributed by atoms with E-state index in [2.05, 4.69) is 5.32 Å². The number of ether oxygens (including phenoxy) is 1. The zero-order valence-corrected chi connectivity index (χ0v) is 25.8. The smallest absolute Gasteiger partial charge is 0.243 e. The quantitative estimate of drug-likeness (QED) is 0.320. The van der Waals surface area contributed by atoms with Crippen LogP contribution >= 0.6 is 23.2 Å². The minimum atomic E-state index is -3.60. The molecule has 2 aromatic carbocycles. The third-order valence-corrected chi connectivity index (χ3v) is 7.61. The molecule has 2 amide bonds. The zero-order chi connectivity index (χ0) is 29.4. The molecule has 11 heteroatoms. The van der Waals surface area contributed by atoms with E-state index in [-0.39, 0.29) is 37.7 Å². The van der Waals surface area contributed by atoms with Crippen molar-refractivity contribution in [1.82, 2.24) is 10.2 Å². The highest BCUT2D eigenvalue weighted by Crippen LogP contribution is 2.25. The molecule has 0 aliphatic carbocycles. The lowest BCUT2D eigenvalue weighted by molar-refractivity contribution is -0.142. The molecule has 0 unspecified atom stereocenters. The fraction of sp³-hybridized carbons (Fsp3) is 0.500. The first-order valence-electron chi connectivity index (χ1n) is 12.9. The molecule has 216 valence electrons. The van der Waals surface area contributed by atoms with Crippen molar-refractivity contribution in [3.8, 4) is 5.75 Å². The Labute approximate surface area is 242 Å². The number of hydrogen-bond donors (Lipinski definition) is 1. The maximum Gasteiger partial charge on any atom is 0.243 e. The summed E-state index contributed by atoms with van der Waals surface area (Å²) >= 11 is 12.5. The molecule has 0 fully saturated rings. The molecule has 39 heavy (non-hydrogen) atoms. The molecule has 0 bridgehead atoms. The number of nitrogens with one attached hydrogen (secondary N) is 1. The number of carbonyl (C=O) groups excluding carboxylic acids is 2. The lowest BCUT2D eigenvalue weighted by Gasteiger charge is -2.33. The summed E-state index contributed by atoms with van der Waals surface area (Å²) in [5, 5.41) is 3.82. The maximum atomic E-state index is 13.6. The van der Waals surface area contributed by atoms with Crippen LogP contribution in [0.25, 0.3) is 0 Å². The average Bonchev–Trinajstić information content (AvgIpc) is 2.82. The van der Waals surface area contributed by atoms with E-state index >= 15 is 0 Å². The van der Waals surface area contributed by atoms with E-state index in [0.717, 1.165) is 6.26 Å². The maximum absolute atomic E-state index is 13.6. The van der Waals surface area contributed by atoms with Gasteiger partial charge in [0.2, 0.25) is 21.8 Å². The lowest BCUT2D eigenvalue weighted by Crippen LogP contribution is -2.53. The molecular formula is C28H39Cl2N3O5S. The van der Waals surface area contributed by atoms with Crippen molar-refractivity contribution in [3.63, 3.8) is 0 Å². The second-order valence-corrected chi connectivity index (χ2v) is 13.0. The van der Waals surface area contributed by atoms with Crippen LogP contribution in [-0.4, -0.2) is 56.1 Å². The SMILES string of the molecule is CCOc1ccc(N(CCCC(=O)N(Cc2ccc(Cl)cc2Cl)[C@H](CC)C(=O)NC(C)(C)C)S(C)(=O)=O)cc1. The van der Waals surface area contributed by atoms with Crippen LogP contribution in [0.3, 0.4) is 0 Å². The number of hydrogen-bond acceptors (Lipinski definition) is 5. The number of nitrogens with zero attached hydrogens (tertiary/aromatic N) is 2. The van der Waals surface area contributed by atoms with Gasteiger partial charge in [-0.25, -0.2) is 8.42 Å². The summed E-state index contributed by atoms with van der Waals surface area (Å²) in [5.41, 5.74) is 0.656. The van der Waals surface area contributed by atoms with Crippen molar-refractivity contribution in [2.24, 2.45) is 0 Å². The van der Waals surface area contributed by atoms with E-state index in [1.54, 1.807) is 42.5 Å². The van der Waals surface area contributed by atoms with Gasteiger partial charge in [-0.2, -0.15) is 0 Å². The van der Waals surface area contributed by atoms with Gasteiger partial charge in [-0.15, -0.1) is 0 Å². The molecule has 0 saturated heterocycles. The Bertz CT molecular complexity index is 1230. The lowest BCUT2D eigenvalue weighted by atomic mass is 10.0. The Morgan fingerprint density at radius 3 is 2.21 bits per heavy atom. The van der Waals surface area contributed by atoms with E-state index in [1.807, 2.05) is 34.6 Å². The second kappa shape index (κ2) is 14.2. The fourth-order valence-corrected chi connectivity index (χ4v) is 5.52. The van der Waals surface area contributed by atoms with E-state index in [4.69, 9.17) is 27.9 Å². The summed E-state index contributed by atoms with van der Waals surface area (Å²) in [6.45, 7) is 10.0. The van der Waals surface area contributed by atoms with E-state index in [1.165, 1.54) is 9.21 Å². The number of amides is 2. The van der Waals surface area contributed by atoms with Gasteiger partial charge in [-0.1, -0.05) is 36.2 Å². The number of sulfonamides is 1. The monoisotopic (exact) mass is 599 g/mol. The second-order valence-electron chi connectivity index (χ2n) is 10.3. The summed E-state index contributed by atoms with van der Waals surface area (Å²) in [5.74, 6) is 0.0909. The van der Waals surface area contributed by atoms with Gasteiger partial charge in [0.1, 0.15) is 11.8 Å². The minimum Gasteiger partial charge on any atom is -0.494 e. The summed E-state index contributed by atoms with van der Waals surface area (Å²) in [6.07, 6.45) is 1.80. The van der Waals surface area contributed by atoms with Gasteiger partial charge >= 0.3 is 0 Å². The van der Waals surface area contributed by atoms with E-state index in [9.17, 15) is 18.0 Å². The Balaban J connectivity index is 2.26. The molecule has 0 spiro atoms. The molecule has 0 aliphatic heterocycles. The molecule has 0 radical (unpaired) electrons. The summed E-state index contributed by atoms with van der Waals surface area (Å²) in [4.78, 5) is 28.3. The Morgan fingerprint density at radius 2 is 1.69 bits per heavy atom. The molecule has 0 saturated carbocycles. The number of anilines is 1. The standard InChI is InChI=1S/C28H39Cl2N3O5S/c1-7-25(27(35)31-28(3,4)5)32(19-20-11-12-21(29)18-24(20)30)26(34)10-9-17-33(39(6,36)37)22-13-15-23(16-14-22)38-8-2/h11-16,18,25H,7-10,17,19H2,1-6H3,(H,31,35)/t25-/m1/s1. The highest BCUT2D eigenvalue weighted by molar-refractivity contribution is 7.92.